The maximum Gasteiger partial charge on any atom is 0.311 e. The minimum atomic E-state index is -0.826. The Labute approximate surface area is 95.4 Å². The molecule has 16 heavy (non-hydrogen) atoms. The first-order valence-corrected chi connectivity index (χ1v) is 5.14. The molecule has 0 saturated heterocycles. The van der Waals surface area contributed by atoms with Crippen molar-refractivity contribution in [3.05, 3.63) is 42.0 Å². The summed E-state index contributed by atoms with van der Waals surface area (Å²) in [7, 11) is 1.31. The molecule has 0 aliphatic heterocycles. The van der Waals surface area contributed by atoms with Crippen LogP contribution in [0, 0.1) is 5.92 Å². The van der Waals surface area contributed by atoms with Gasteiger partial charge < -0.3 is 9.84 Å². The van der Waals surface area contributed by atoms with Gasteiger partial charge in [0.1, 0.15) is 0 Å². The molecule has 0 spiro atoms. The van der Waals surface area contributed by atoms with E-state index in [1.807, 2.05) is 30.3 Å². The lowest BCUT2D eigenvalue weighted by Gasteiger charge is -2.12. The van der Waals surface area contributed by atoms with Gasteiger partial charge in [0.25, 0.3) is 0 Å². The summed E-state index contributed by atoms with van der Waals surface area (Å²) in [5.74, 6) is -0.963. The van der Waals surface area contributed by atoms with Crippen molar-refractivity contribution in [3.63, 3.8) is 0 Å². The molecule has 1 rings (SSSR count). The van der Waals surface area contributed by atoms with Gasteiger partial charge >= 0.3 is 5.97 Å². The molecule has 0 saturated carbocycles. The summed E-state index contributed by atoms with van der Waals surface area (Å²) in [6.07, 6.45) is 2.55. The molecule has 0 heterocycles. The first-order valence-electron chi connectivity index (χ1n) is 5.14. The Morgan fingerprint density at radius 2 is 2.00 bits per heavy atom. The van der Waals surface area contributed by atoms with E-state index < -0.39 is 18.0 Å². The fourth-order valence-corrected chi connectivity index (χ4v) is 1.27. The summed E-state index contributed by atoms with van der Waals surface area (Å²) in [4.78, 5) is 11.1. The van der Waals surface area contributed by atoms with Gasteiger partial charge in [-0.3, -0.25) is 4.79 Å². The number of ether oxygens (including phenoxy) is 1. The molecule has 0 aromatic heterocycles. The summed E-state index contributed by atoms with van der Waals surface area (Å²) in [6.45, 7) is 1.63. The number of rotatable bonds is 4. The van der Waals surface area contributed by atoms with Gasteiger partial charge in [-0.1, -0.05) is 42.5 Å². The Bertz CT molecular complexity index is 357. The normalized spacial score (nSPS) is 14.7. The first-order chi connectivity index (χ1) is 7.65. The minimum absolute atomic E-state index is 0.412. The highest BCUT2D eigenvalue weighted by molar-refractivity contribution is 5.73. The van der Waals surface area contributed by atoms with Crippen LogP contribution in [0.4, 0.5) is 0 Å². The zero-order valence-electron chi connectivity index (χ0n) is 9.46. The molecule has 0 unspecified atom stereocenters. The predicted molar refractivity (Wildman–Crippen MR) is 62.7 cm³/mol. The number of aliphatic hydroxyl groups excluding tert-OH is 1. The van der Waals surface area contributed by atoms with Crippen LogP contribution in [0.5, 0.6) is 0 Å². The Morgan fingerprint density at radius 3 is 2.56 bits per heavy atom. The van der Waals surface area contributed by atoms with Crippen molar-refractivity contribution in [2.75, 3.05) is 7.11 Å². The minimum Gasteiger partial charge on any atom is -0.469 e. The van der Waals surface area contributed by atoms with Crippen LogP contribution in [-0.2, 0) is 9.53 Å². The molecule has 1 aromatic rings. The van der Waals surface area contributed by atoms with Crippen LogP contribution in [0.1, 0.15) is 12.5 Å². The van der Waals surface area contributed by atoms with E-state index in [9.17, 15) is 9.90 Å². The highest BCUT2D eigenvalue weighted by atomic mass is 16.5. The molecule has 0 radical (unpaired) electrons. The largest absolute Gasteiger partial charge is 0.469 e. The summed E-state index contributed by atoms with van der Waals surface area (Å²) in [5, 5.41) is 9.69. The smallest absolute Gasteiger partial charge is 0.311 e. The van der Waals surface area contributed by atoms with Crippen LogP contribution in [0.15, 0.2) is 36.4 Å². The molecular formula is C13H16O3. The highest BCUT2D eigenvalue weighted by Gasteiger charge is 2.19. The fourth-order valence-electron chi connectivity index (χ4n) is 1.27. The second-order valence-electron chi connectivity index (χ2n) is 3.57. The van der Waals surface area contributed by atoms with E-state index in [-0.39, 0.29) is 0 Å². The lowest BCUT2D eigenvalue weighted by Crippen LogP contribution is -2.24. The number of carbonyl (C=O) groups excluding carboxylic acids is 1. The molecule has 1 N–H and O–H groups in total. The molecule has 86 valence electrons. The van der Waals surface area contributed by atoms with Gasteiger partial charge in [-0.25, -0.2) is 0 Å². The Hall–Kier alpha value is -1.61. The fraction of sp³-hybridized carbons (Fsp3) is 0.308. The summed E-state index contributed by atoms with van der Waals surface area (Å²) < 4.78 is 4.55. The third-order valence-electron chi connectivity index (χ3n) is 2.37. The third kappa shape index (κ3) is 3.51. The summed E-state index contributed by atoms with van der Waals surface area (Å²) >= 11 is 0. The van der Waals surface area contributed by atoms with E-state index in [0.29, 0.717) is 0 Å². The molecular weight excluding hydrogens is 204 g/mol. The van der Waals surface area contributed by atoms with Gasteiger partial charge in [-0.05, 0) is 12.5 Å². The number of esters is 1. The molecule has 0 bridgehead atoms. The SMILES string of the molecule is COC(=O)[C@H](C)[C@@H](O)/C=C/c1ccccc1. The monoisotopic (exact) mass is 220 g/mol. The molecule has 0 amide bonds. The zero-order valence-corrected chi connectivity index (χ0v) is 9.46. The van der Waals surface area contributed by atoms with Crippen molar-refractivity contribution in [2.45, 2.75) is 13.0 Å². The Morgan fingerprint density at radius 1 is 1.38 bits per heavy atom. The standard InChI is InChI=1S/C13H16O3/c1-10(13(15)16-2)12(14)9-8-11-6-4-3-5-7-11/h3-10,12,14H,1-2H3/b9-8+/t10-,12+/m1/s1. The van der Waals surface area contributed by atoms with E-state index in [1.54, 1.807) is 19.1 Å². The quantitative estimate of drug-likeness (QED) is 0.788. The van der Waals surface area contributed by atoms with Gasteiger partial charge in [-0.15, -0.1) is 0 Å². The Balaban J connectivity index is 2.61. The number of benzene rings is 1. The molecule has 2 atom stereocenters. The highest BCUT2D eigenvalue weighted by Crippen LogP contribution is 2.09. The van der Waals surface area contributed by atoms with Gasteiger partial charge in [0.15, 0.2) is 0 Å². The maximum atomic E-state index is 11.1. The van der Waals surface area contributed by atoms with Crippen molar-refractivity contribution in [1.29, 1.82) is 0 Å². The third-order valence-corrected chi connectivity index (χ3v) is 2.37. The number of hydrogen-bond acceptors (Lipinski definition) is 3. The average molecular weight is 220 g/mol. The molecule has 1 aromatic carbocycles. The summed E-state index contributed by atoms with van der Waals surface area (Å²) in [6, 6.07) is 9.59. The van der Waals surface area contributed by atoms with Crippen molar-refractivity contribution < 1.29 is 14.6 Å². The van der Waals surface area contributed by atoms with Gasteiger partial charge in [0.05, 0.1) is 19.1 Å². The van der Waals surface area contributed by atoms with E-state index in [1.165, 1.54) is 7.11 Å². The van der Waals surface area contributed by atoms with Crippen molar-refractivity contribution in [1.82, 2.24) is 0 Å². The van der Waals surface area contributed by atoms with Crippen LogP contribution in [0.3, 0.4) is 0 Å². The number of hydrogen-bond donors (Lipinski definition) is 1. The second kappa shape index (κ2) is 6.08. The zero-order chi connectivity index (χ0) is 12.0. The number of methoxy groups -OCH3 is 1. The van der Waals surface area contributed by atoms with E-state index in [0.717, 1.165) is 5.56 Å². The lowest BCUT2D eigenvalue weighted by molar-refractivity contribution is -0.147. The maximum absolute atomic E-state index is 11.1. The van der Waals surface area contributed by atoms with Crippen LogP contribution < -0.4 is 0 Å². The molecule has 0 aliphatic rings. The van der Waals surface area contributed by atoms with Gasteiger partial charge in [-0.2, -0.15) is 0 Å². The number of aliphatic hydroxyl groups is 1. The van der Waals surface area contributed by atoms with Gasteiger partial charge in [0.2, 0.25) is 0 Å². The Kier molecular flexibility index (Phi) is 4.73. The second-order valence-corrected chi connectivity index (χ2v) is 3.57. The van der Waals surface area contributed by atoms with Crippen LogP contribution in [0.2, 0.25) is 0 Å². The lowest BCUT2D eigenvalue weighted by atomic mass is 10.0. The van der Waals surface area contributed by atoms with Crippen molar-refractivity contribution in [2.24, 2.45) is 5.92 Å². The predicted octanol–water partition coefficient (Wildman–Crippen LogP) is 1.87. The van der Waals surface area contributed by atoms with E-state index >= 15 is 0 Å². The van der Waals surface area contributed by atoms with Crippen LogP contribution >= 0.6 is 0 Å². The van der Waals surface area contributed by atoms with Crippen molar-refractivity contribution >= 4 is 12.0 Å². The molecule has 3 heteroatoms. The summed E-state index contributed by atoms with van der Waals surface area (Å²) in [5.41, 5.74) is 0.985. The van der Waals surface area contributed by atoms with Crippen molar-refractivity contribution in [3.8, 4) is 0 Å². The van der Waals surface area contributed by atoms with Crippen LogP contribution in [0.25, 0.3) is 6.08 Å². The molecule has 0 aliphatic carbocycles. The number of carbonyl (C=O) groups is 1. The average Bonchev–Trinajstić information content (AvgIpc) is 2.35. The van der Waals surface area contributed by atoms with E-state index in [2.05, 4.69) is 4.74 Å². The molecule has 3 nitrogen and oxygen atoms in total. The molecule has 0 fully saturated rings. The van der Waals surface area contributed by atoms with E-state index in [4.69, 9.17) is 0 Å². The first kappa shape index (κ1) is 12.5. The van der Waals surface area contributed by atoms with Gasteiger partial charge in [0, 0.05) is 0 Å². The topological polar surface area (TPSA) is 46.5 Å². The van der Waals surface area contributed by atoms with Crippen LogP contribution in [-0.4, -0.2) is 24.3 Å².